The van der Waals surface area contributed by atoms with Crippen molar-refractivity contribution in [1.82, 2.24) is 4.90 Å². The molecule has 1 saturated carbocycles. The molecule has 1 fully saturated rings. The highest BCUT2D eigenvalue weighted by Gasteiger charge is 2.27. The molecule has 18 heavy (non-hydrogen) atoms. The zero-order chi connectivity index (χ0) is 12.3. The Morgan fingerprint density at radius 2 is 2.33 bits per heavy atom. The van der Waals surface area contributed by atoms with Crippen molar-refractivity contribution in [2.75, 3.05) is 7.05 Å². The van der Waals surface area contributed by atoms with Crippen LogP contribution in [0.3, 0.4) is 0 Å². The highest BCUT2D eigenvalue weighted by molar-refractivity contribution is 7.09. The molecular weight excluding hydrogens is 268 g/mol. The smallest absolute Gasteiger partial charge is 0.225 e. The van der Waals surface area contributed by atoms with Crippen molar-refractivity contribution in [2.45, 2.75) is 38.3 Å². The topological polar surface area (TPSA) is 46.3 Å². The van der Waals surface area contributed by atoms with Crippen LogP contribution >= 0.6 is 23.7 Å². The van der Waals surface area contributed by atoms with Crippen LogP contribution in [0.5, 0.6) is 0 Å². The normalized spacial score (nSPS) is 23.2. The van der Waals surface area contributed by atoms with Gasteiger partial charge in [0.2, 0.25) is 5.91 Å². The lowest BCUT2D eigenvalue weighted by molar-refractivity contribution is -0.135. The van der Waals surface area contributed by atoms with E-state index in [1.807, 2.05) is 23.4 Å². The van der Waals surface area contributed by atoms with E-state index in [1.165, 1.54) is 4.88 Å². The molecule has 1 aliphatic rings. The van der Waals surface area contributed by atoms with Gasteiger partial charge in [0.1, 0.15) is 0 Å². The van der Waals surface area contributed by atoms with E-state index >= 15 is 0 Å². The zero-order valence-corrected chi connectivity index (χ0v) is 12.3. The molecule has 2 atom stereocenters. The van der Waals surface area contributed by atoms with Gasteiger partial charge >= 0.3 is 0 Å². The monoisotopic (exact) mass is 288 g/mol. The quantitative estimate of drug-likeness (QED) is 0.929. The molecule has 1 amide bonds. The molecular formula is C13H21ClN2OS. The minimum atomic E-state index is 0. The second-order valence-corrected chi connectivity index (χ2v) is 5.93. The first-order valence-corrected chi connectivity index (χ1v) is 7.07. The van der Waals surface area contributed by atoms with Crippen molar-refractivity contribution in [3.8, 4) is 0 Å². The van der Waals surface area contributed by atoms with Crippen LogP contribution in [0, 0.1) is 5.92 Å². The molecule has 1 aromatic heterocycles. The number of rotatable bonds is 3. The van der Waals surface area contributed by atoms with Crippen LogP contribution in [-0.2, 0) is 11.3 Å². The summed E-state index contributed by atoms with van der Waals surface area (Å²) in [5.41, 5.74) is 5.93. The largest absolute Gasteiger partial charge is 0.340 e. The van der Waals surface area contributed by atoms with E-state index < -0.39 is 0 Å². The van der Waals surface area contributed by atoms with E-state index in [4.69, 9.17) is 5.73 Å². The third-order valence-corrected chi connectivity index (χ3v) is 4.27. The van der Waals surface area contributed by atoms with Gasteiger partial charge in [-0.1, -0.05) is 12.5 Å². The maximum absolute atomic E-state index is 12.2. The Morgan fingerprint density at radius 1 is 1.56 bits per heavy atom. The Labute approximate surface area is 119 Å². The van der Waals surface area contributed by atoms with Gasteiger partial charge in [0.25, 0.3) is 0 Å². The number of carbonyl (C=O) groups is 1. The lowest BCUT2D eigenvalue weighted by Gasteiger charge is -2.29. The molecule has 102 valence electrons. The van der Waals surface area contributed by atoms with Crippen molar-refractivity contribution in [2.24, 2.45) is 11.7 Å². The molecule has 0 bridgehead atoms. The lowest BCUT2D eigenvalue weighted by atomic mass is 9.85. The number of hydrogen-bond donors (Lipinski definition) is 1. The number of amides is 1. The minimum Gasteiger partial charge on any atom is -0.340 e. The van der Waals surface area contributed by atoms with Crippen LogP contribution < -0.4 is 5.73 Å². The Morgan fingerprint density at radius 3 is 2.94 bits per heavy atom. The fraction of sp³-hybridized carbons (Fsp3) is 0.615. The van der Waals surface area contributed by atoms with Crippen molar-refractivity contribution in [1.29, 1.82) is 0 Å². The standard InChI is InChI=1S/C13H20N2OS.ClH/c1-15(9-12-6-3-7-17-12)13(16)10-4-2-5-11(14)8-10;/h3,6-7,10-11H,2,4-5,8-9,14H2,1H3;1H. The third kappa shape index (κ3) is 3.97. The van der Waals surface area contributed by atoms with E-state index in [0.29, 0.717) is 0 Å². The summed E-state index contributed by atoms with van der Waals surface area (Å²) in [5, 5.41) is 2.05. The van der Waals surface area contributed by atoms with Crippen molar-refractivity contribution in [3.05, 3.63) is 22.4 Å². The first kappa shape index (κ1) is 15.5. The summed E-state index contributed by atoms with van der Waals surface area (Å²) in [4.78, 5) is 15.3. The molecule has 5 heteroatoms. The van der Waals surface area contributed by atoms with E-state index in [-0.39, 0.29) is 30.3 Å². The molecule has 2 unspecified atom stereocenters. The van der Waals surface area contributed by atoms with Gasteiger partial charge < -0.3 is 10.6 Å². The molecule has 3 nitrogen and oxygen atoms in total. The number of halogens is 1. The lowest BCUT2D eigenvalue weighted by Crippen LogP contribution is -2.38. The molecule has 2 rings (SSSR count). The van der Waals surface area contributed by atoms with Gasteiger partial charge in [-0.2, -0.15) is 0 Å². The van der Waals surface area contributed by atoms with E-state index in [2.05, 4.69) is 6.07 Å². The third-order valence-electron chi connectivity index (χ3n) is 3.41. The van der Waals surface area contributed by atoms with Crippen LogP contribution in [0.1, 0.15) is 30.6 Å². The van der Waals surface area contributed by atoms with E-state index in [0.717, 1.165) is 32.2 Å². The van der Waals surface area contributed by atoms with Gasteiger partial charge in [0, 0.05) is 23.9 Å². The molecule has 0 aliphatic heterocycles. The summed E-state index contributed by atoms with van der Waals surface area (Å²) >= 11 is 1.70. The van der Waals surface area contributed by atoms with Gasteiger partial charge in [-0.15, -0.1) is 23.7 Å². The second kappa shape index (κ2) is 7.12. The summed E-state index contributed by atoms with van der Waals surface area (Å²) in [5.74, 6) is 0.400. The first-order chi connectivity index (χ1) is 8.16. The summed E-state index contributed by atoms with van der Waals surface area (Å²) < 4.78 is 0. The fourth-order valence-corrected chi connectivity index (χ4v) is 3.24. The second-order valence-electron chi connectivity index (χ2n) is 4.90. The summed E-state index contributed by atoms with van der Waals surface area (Å²) in [6, 6.07) is 4.31. The van der Waals surface area contributed by atoms with Crippen molar-refractivity contribution < 1.29 is 4.79 Å². The minimum absolute atomic E-state index is 0. The van der Waals surface area contributed by atoms with Gasteiger partial charge in [-0.3, -0.25) is 4.79 Å². The Hall–Kier alpha value is -0.580. The maximum Gasteiger partial charge on any atom is 0.225 e. The molecule has 0 radical (unpaired) electrons. The SMILES string of the molecule is CN(Cc1cccs1)C(=O)C1CCCC(N)C1.Cl. The predicted molar refractivity (Wildman–Crippen MR) is 78.0 cm³/mol. The Balaban J connectivity index is 0.00000162. The molecule has 1 aromatic rings. The molecule has 2 N–H and O–H groups in total. The zero-order valence-electron chi connectivity index (χ0n) is 10.7. The number of thiophene rings is 1. The predicted octanol–water partition coefficient (Wildman–Crippen LogP) is 2.65. The highest BCUT2D eigenvalue weighted by atomic mass is 35.5. The van der Waals surface area contributed by atoms with E-state index in [9.17, 15) is 4.79 Å². The molecule has 0 spiro atoms. The molecule has 1 aliphatic carbocycles. The highest BCUT2D eigenvalue weighted by Crippen LogP contribution is 2.25. The van der Waals surface area contributed by atoms with Gasteiger partial charge in [0.05, 0.1) is 6.54 Å². The Kier molecular flexibility index (Phi) is 6.12. The number of carbonyl (C=O) groups excluding carboxylic acids is 1. The van der Waals surface area contributed by atoms with E-state index in [1.54, 1.807) is 11.3 Å². The van der Waals surface area contributed by atoms with Crippen LogP contribution in [0.4, 0.5) is 0 Å². The summed E-state index contributed by atoms with van der Waals surface area (Å²) in [6.45, 7) is 0.724. The molecule has 1 heterocycles. The van der Waals surface area contributed by atoms with Crippen LogP contribution in [0.25, 0.3) is 0 Å². The van der Waals surface area contributed by atoms with Gasteiger partial charge in [0.15, 0.2) is 0 Å². The summed E-state index contributed by atoms with van der Waals surface area (Å²) in [7, 11) is 1.89. The van der Waals surface area contributed by atoms with Crippen LogP contribution in [0.15, 0.2) is 17.5 Å². The number of nitrogens with zero attached hydrogens (tertiary/aromatic N) is 1. The van der Waals surface area contributed by atoms with Crippen LogP contribution in [-0.4, -0.2) is 23.9 Å². The Bertz CT molecular complexity index is 369. The molecule has 0 saturated heterocycles. The van der Waals surface area contributed by atoms with Gasteiger partial charge in [-0.05, 0) is 30.7 Å². The fourth-order valence-electron chi connectivity index (χ4n) is 2.48. The molecule has 0 aromatic carbocycles. The average Bonchev–Trinajstić information content (AvgIpc) is 2.80. The van der Waals surface area contributed by atoms with Crippen molar-refractivity contribution in [3.63, 3.8) is 0 Å². The first-order valence-electron chi connectivity index (χ1n) is 6.19. The average molecular weight is 289 g/mol. The number of hydrogen-bond acceptors (Lipinski definition) is 3. The summed E-state index contributed by atoms with van der Waals surface area (Å²) in [6.07, 6.45) is 4.01. The van der Waals surface area contributed by atoms with Crippen LogP contribution in [0.2, 0.25) is 0 Å². The van der Waals surface area contributed by atoms with Crippen molar-refractivity contribution >= 4 is 29.7 Å². The number of nitrogens with two attached hydrogens (primary N) is 1. The van der Waals surface area contributed by atoms with Gasteiger partial charge in [-0.25, -0.2) is 0 Å². The maximum atomic E-state index is 12.2.